The molecule has 0 aromatic heterocycles. The fourth-order valence-corrected chi connectivity index (χ4v) is 4.34. The lowest BCUT2D eigenvalue weighted by Crippen LogP contribution is -2.52. The van der Waals surface area contributed by atoms with E-state index in [4.69, 9.17) is 10.5 Å². The van der Waals surface area contributed by atoms with E-state index in [1.54, 1.807) is 0 Å². The van der Waals surface area contributed by atoms with Crippen molar-refractivity contribution in [1.29, 1.82) is 0 Å². The summed E-state index contributed by atoms with van der Waals surface area (Å²) < 4.78 is 6.37. The molecule has 4 N–H and O–H groups in total. The van der Waals surface area contributed by atoms with Crippen LogP contribution in [0.5, 0.6) is 0 Å². The second kappa shape index (κ2) is 10.4. The van der Waals surface area contributed by atoms with Gasteiger partial charge in [0.05, 0.1) is 18.9 Å². The zero-order valence-electron chi connectivity index (χ0n) is 16.2. The molecule has 1 heterocycles. The maximum Gasteiger partial charge on any atom is 0.0720 e. The highest BCUT2D eigenvalue weighted by Gasteiger charge is 2.30. The Kier molecular flexibility index (Phi) is 7.93. The summed E-state index contributed by atoms with van der Waals surface area (Å²) in [5.74, 6) is 0.586. The van der Waals surface area contributed by atoms with Gasteiger partial charge < -0.3 is 10.5 Å². The molecule has 1 aromatic rings. The maximum atomic E-state index is 6.37. The van der Waals surface area contributed by atoms with Gasteiger partial charge in [-0.1, -0.05) is 43.7 Å². The normalized spacial score (nSPS) is 30.8. The molecule has 145 valence electrons. The van der Waals surface area contributed by atoms with Crippen LogP contribution in [0.4, 0.5) is 0 Å². The van der Waals surface area contributed by atoms with Gasteiger partial charge in [0.25, 0.3) is 0 Å². The first-order valence-corrected chi connectivity index (χ1v) is 10.5. The fraction of sp³-hybridized carbons (Fsp3) is 0.682. The number of nitrogens with one attached hydrogen (secondary N) is 2. The van der Waals surface area contributed by atoms with Gasteiger partial charge in [0, 0.05) is 18.6 Å². The van der Waals surface area contributed by atoms with Crippen molar-refractivity contribution in [3.63, 3.8) is 0 Å². The predicted molar refractivity (Wildman–Crippen MR) is 107 cm³/mol. The molecular formula is C22H36N3O. The number of nitrogens with two attached hydrogens (primary N) is 1. The van der Waals surface area contributed by atoms with Crippen LogP contribution in [0.25, 0.3) is 0 Å². The number of hydrogen-bond acceptors (Lipinski definition) is 4. The smallest absolute Gasteiger partial charge is 0.0720 e. The highest BCUT2D eigenvalue weighted by Crippen LogP contribution is 2.28. The number of ether oxygens (including phenoxy) is 1. The summed E-state index contributed by atoms with van der Waals surface area (Å²) >= 11 is 0. The molecule has 4 nitrogen and oxygen atoms in total. The molecule has 3 rings (SSSR count). The third-order valence-corrected chi connectivity index (χ3v) is 5.89. The summed E-state index contributed by atoms with van der Waals surface area (Å²) in [7, 11) is 0. The summed E-state index contributed by atoms with van der Waals surface area (Å²) in [4.78, 5) is 0. The number of piperidine rings is 1. The predicted octanol–water partition coefficient (Wildman–Crippen LogP) is 3.72. The maximum absolute atomic E-state index is 6.37. The lowest BCUT2D eigenvalue weighted by atomic mass is 9.86. The molecule has 0 amide bonds. The monoisotopic (exact) mass is 358 g/mol. The Morgan fingerprint density at radius 2 is 1.96 bits per heavy atom. The number of rotatable bonds is 8. The van der Waals surface area contributed by atoms with Crippen molar-refractivity contribution in [3.05, 3.63) is 42.4 Å². The van der Waals surface area contributed by atoms with Gasteiger partial charge >= 0.3 is 0 Å². The standard InChI is InChI=1S/C22H36N3O/c1-2-6-21(26-16-17-7-4-3-5-8-17)18-13-14-24-22(15-18)25-20-11-9-19(23)10-12-20/h3-5,7-8,14,18-22,24-25H,2,6,9-13,15-16,23H2,1H3. The Morgan fingerprint density at radius 3 is 2.69 bits per heavy atom. The van der Waals surface area contributed by atoms with Crippen molar-refractivity contribution in [1.82, 2.24) is 10.6 Å². The van der Waals surface area contributed by atoms with Crippen molar-refractivity contribution in [3.8, 4) is 0 Å². The molecule has 1 radical (unpaired) electrons. The van der Waals surface area contributed by atoms with E-state index < -0.39 is 0 Å². The summed E-state index contributed by atoms with van der Waals surface area (Å²) in [6.45, 7) is 5.22. The molecule has 1 saturated carbocycles. The molecule has 0 bridgehead atoms. The largest absolute Gasteiger partial charge is 0.373 e. The van der Waals surface area contributed by atoms with Crippen LogP contribution in [-0.2, 0) is 11.3 Å². The molecule has 2 fully saturated rings. The summed E-state index contributed by atoms with van der Waals surface area (Å²) in [5, 5.41) is 7.38. The Morgan fingerprint density at radius 1 is 1.19 bits per heavy atom. The zero-order valence-corrected chi connectivity index (χ0v) is 16.2. The van der Waals surface area contributed by atoms with Crippen molar-refractivity contribution in [2.45, 2.75) is 89.3 Å². The molecule has 1 saturated heterocycles. The van der Waals surface area contributed by atoms with Crippen LogP contribution < -0.4 is 16.4 Å². The molecule has 4 heteroatoms. The second-order valence-corrected chi connectivity index (χ2v) is 8.06. The van der Waals surface area contributed by atoms with Gasteiger partial charge in [-0.2, -0.15) is 0 Å². The average Bonchev–Trinajstić information content (AvgIpc) is 2.68. The minimum Gasteiger partial charge on any atom is -0.373 e. The Hall–Kier alpha value is -0.940. The number of benzene rings is 1. The van der Waals surface area contributed by atoms with Crippen LogP contribution >= 0.6 is 0 Å². The Balaban J connectivity index is 1.49. The van der Waals surface area contributed by atoms with Gasteiger partial charge in [0.2, 0.25) is 0 Å². The van der Waals surface area contributed by atoms with E-state index in [1.807, 2.05) is 0 Å². The second-order valence-electron chi connectivity index (χ2n) is 8.06. The van der Waals surface area contributed by atoms with E-state index in [0.717, 1.165) is 32.1 Å². The van der Waals surface area contributed by atoms with Gasteiger partial charge in [-0.05, 0) is 56.4 Å². The molecule has 3 unspecified atom stereocenters. The first-order chi connectivity index (χ1) is 12.7. The van der Waals surface area contributed by atoms with E-state index in [-0.39, 0.29) is 0 Å². The lowest BCUT2D eigenvalue weighted by molar-refractivity contribution is -0.0172. The summed E-state index contributed by atoms with van der Waals surface area (Å²) in [6.07, 6.45) is 9.94. The first-order valence-electron chi connectivity index (χ1n) is 10.5. The highest BCUT2D eigenvalue weighted by atomic mass is 16.5. The molecule has 1 aromatic carbocycles. The topological polar surface area (TPSA) is 59.3 Å². The molecule has 1 aliphatic heterocycles. The lowest BCUT2D eigenvalue weighted by Gasteiger charge is -2.38. The highest BCUT2D eigenvalue weighted by molar-refractivity contribution is 5.13. The molecular weight excluding hydrogens is 322 g/mol. The quantitative estimate of drug-likeness (QED) is 0.663. The van der Waals surface area contributed by atoms with Gasteiger partial charge in [-0.3, -0.25) is 10.6 Å². The summed E-state index contributed by atoms with van der Waals surface area (Å²) in [6, 6.07) is 11.5. The van der Waals surface area contributed by atoms with E-state index >= 15 is 0 Å². The van der Waals surface area contributed by atoms with Crippen LogP contribution in [0.1, 0.15) is 63.9 Å². The molecule has 1 aliphatic carbocycles. The van der Waals surface area contributed by atoms with E-state index in [2.05, 4.69) is 54.4 Å². The zero-order chi connectivity index (χ0) is 18.2. The molecule has 3 atom stereocenters. The first kappa shape index (κ1) is 19.8. The van der Waals surface area contributed by atoms with Crippen molar-refractivity contribution in [2.75, 3.05) is 0 Å². The third kappa shape index (κ3) is 6.05. The molecule has 2 aliphatic rings. The van der Waals surface area contributed by atoms with Gasteiger partial charge in [0.1, 0.15) is 0 Å². The minimum atomic E-state index is 0.336. The Bertz CT molecular complexity index is 501. The van der Waals surface area contributed by atoms with E-state index in [0.29, 0.717) is 36.9 Å². The van der Waals surface area contributed by atoms with Crippen LogP contribution in [0, 0.1) is 12.5 Å². The van der Waals surface area contributed by atoms with Crippen molar-refractivity contribution >= 4 is 0 Å². The van der Waals surface area contributed by atoms with E-state index in [9.17, 15) is 0 Å². The van der Waals surface area contributed by atoms with Crippen LogP contribution in [0.15, 0.2) is 30.3 Å². The fourth-order valence-electron chi connectivity index (χ4n) is 4.34. The molecule has 26 heavy (non-hydrogen) atoms. The Labute approximate surface area is 159 Å². The van der Waals surface area contributed by atoms with Crippen LogP contribution in [-0.4, -0.2) is 24.4 Å². The average molecular weight is 359 g/mol. The number of hydrogen-bond donors (Lipinski definition) is 3. The van der Waals surface area contributed by atoms with Crippen molar-refractivity contribution in [2.24, 2.45) is 11.7 Å². The summed E-state index contributed by atoms with van der Waals surface area (Å²) in [5.41, 5.74) is 7.30. The minimum absolute atomic E-state index is 0.336. The van der Waals surface area contributed by atoms with Gasteiger partial charge in [0.15, 0.2) is 0 Å². The third-order valence-electron chi connectivity index (χ3n) is 5.89. The van der Waals surface area contributed by atoms with Gasteiger partial charge in [-0.15, -0.1) is 0 Å². The van der Waals surface area contributed by atoms with Crippen LogP contribution in [0.3, 0.4) is 0 Å². The van der Waals surface area contributed by atoms with Gasteiger partial charge in [-0.25, -0.2) is 0 Å². The SMILES string of the molecule is CCCC(OCc1ccccc1)C1C[CH]NC(NC2CCC(N)CC2)C1. The van der Waals surface area contributed by atoms with E-state index in [1.165, 1.54) is 24.8 Å². The van der Waals surface area contributed by atoms with Crippen molar-refractivity contribution < 1.29 is 4.74 Å². The molecule has 0 spiro atoms. The van der Waals surface area contributed by atoms with Crippen LogP contribution in [0.2, 0.25) is 0 Å².